The van der Waals surface area contributed by atoms with Gasteiger partial charge in [0.25, 0.3) is 0 Å². The van der Waals surface area contributed by atoms with Crippen LogP contribution < -0.4 is 5.32 Å². The molecule has 7 heteroatoms. The minimum atomic E-state index is -3.47. The first-order valence-electron chi connectivity index (χ1n) is 5.78. The molecular formula is C13H12ClNO3S2. The highest BCUT2D eigenvalue weighted by molar-refractivity contribution is 7.91. The van der Waals surface area contributed by atoms with E-state index in [1.807, 2.05) is 5.38 Å². The first-order valence-corrected chi connectivity index (χ1v) is 8.75. The number of carbonyl (C=O) groups is 1. The molecule has 1 aromatic heterocycles. The Bertz CT molecular complexity index is 679. The molecule has 0 aliphatic heterocycles. The molecule has 1 amide bonds. The van der Waals surface area contributed by atoms with Crippen molar-refractivity contribution in [3.05, 3.63) is 46.1 Å². The van der Waals surface area contributed by atoms with Crippen LogP contribution in [0.3, 0.4) is 0 Å². The molecule has 0 unspecified atom stereocenters. The number of benzene rings is 1. The van der Waals surface area contributed by atoms with Crippen LogP contribution in [0.4, 0.5) is 5.69 Å². The Kier molecular flexibility index (Phi) is 4.80. The second-order valence-corrected chi connectivity index (χ2v) is 7.41. The van der Waals surface area contributed by atoms with Crippen LogP contribution in [-0.2, 0) is 14.6 Å². The Morgan fingerprint density at radius 3 is 2.50 bits per heavy atom. The summed E-state index contributed by atoms with van der Waals surface area (Å²) in [6, 6.07) is 7.67. The molecule has 1 N–H and O–H groups in total. The lowest BCUT2D eigenvalue weighted by Crippen LogP contribution is -2.17. The van der Waals surface area contributed by atoms with Crippen molar-refractivity contribution >= 4 is 44.4 Å². The normalized spacial score (nSPS) is 11.2. The number of rotatable bonds is 5. The smallest absolute Gasteiger partial charge is 0.225 e. The molecule has 106 valence electrons. The quantitative estimate of drug-likeness (QED) is 0.916. The molecule has 2 rings (SSSR count). The largest absolute Gasteiger partial charge is 0.325 e. The van der Waals surface area contributed by atoms with E-state index in [9.17, 15) is 13.2 Å². The van der Waals surface area contributed by atoms with Gasteiger partial charge in [-0.3, -0.25) is 4.79 Å². The van der Waals surface area contributed by atoms with Crippen LogP contribution in [0.1, 0.15) is 6.42 Å². The van der Waals surface area contributed by atoms with E-state index in [0.717, 1.165) is 0 Å². The van der Waals surface area contributed by atoms with Crippen LogP contribution in [0.2, 0.25) is 5.02 Å². The monoisotopic (exact) mass is 329 g/mol. The number of nitrogens with one attached hydrogen (secondary N) is 1. The molecule has 0 aliphatic carbocycles. The molecule has 0 saturated heterocycles. The summed E-state index contributed by atoms with van der Waals surface area (Å²) in [6.07, 6.45) is -0.0825. The number of halogens is 1. The van der Waals surface area contributed by atoms with Gasteiger partial charge in [0.2, 0.25) is 5.91 Å². The third-order valence-corrected chi connectivity index (χ3v) is 5.24. The predicted octanol–water partition coefficient (Wildman–Crippen LogP) is 3.20. The molecule has 0 fully saturated rings. The van der Waals surface area contributed by atoms with Crippen molar-refractivity contribution in [2.75, 3.05) is 11.1 Å². The first-order chi connectivity index (χ1) is 9.47. The fraction of sp³-hybridized carbons (Fsp3) is 0.154. The van der Waals surface area contributed by atoms with E-state index in [4.69, 9.17) is 11.6 Å². The van der Waals surface area contributed by atoms with E-state index in [0.29, 0.717) is 10.7 Å². The van der Waals surface area contributed by atoms with Crippen molar-refractivity contribution < 1.29 is 13.2 Å². The maximum Gasteiger partial charge on any atom is 0.225 e. The SMILES string of the molecule is O=C(CCS(=O)(=O)c1ccc(Cl)cc1)Nc1ccsc1. The average molecular weight is 330 g/mol. The Labute approximate surface area is 126 Å². The summed E-state index contributed by atoms with van der Waals surface area (Å²) in [5.41, 5.74) is 0.684. The average Bonchev–Trinajstić information content (AvgIpc) is 2.90. The fourth-order valence-electron chi connectivity index (χ4n) is 1.55. The van der Waals surface area contributed by atoms with E-state index in [2.05, 4.69) is 5.32 Å². The van der Waals surface area contributed by atoms with Crippen molar-refractivity contribution in [2.45, 2.75) is 11.3 Å². The Hall–Kier alpha value is -1.37. The second kappa shape index (κ2) is 6.39. The summed E-state index contributed by atoms with van der Waals surface area (Å²) in [4.78, 5) is 11.8. The van der Waals surface area contributed by atoms with Gasteiger partial charge in [-0.25, -0.2) is 8.42 Å². The van der Waals surface area contributed by atoms with Crippen LogP contribution in [-0.4, -0.2) is 20.1 Å². The zero-order valence-corrected chi connectivity index (χ0v) is 12.8. The van der Waals surface area contributed by atoms with Gasteiger partial charge < -0.3 is 5.32 Å². The van der Waals surface area contributed by atoms with Crippen molar-refractivity contribution in [1.82, 2.24) is 0 Å². The van der Waals surface area contributed by atoms with E-state index in [-0.39, 0.29) is 23.0 Å². The van der Waals surface area contributed by atoms with Gasteiger partial charge in [-0.05, 0) is 35.7 Å². The number of hydrogen-bond acceptors (Lipinski definition) is 4. The fourth-order valence-corrected chi connectivity index (χ4v) is 3.50. The van der Waals surface area contributed by atoms with Crippen molar-refractivity contribution in [3.8, 4) is 0 Å². The van der Waals surface area contributed by atoms with E-state index < -0.39 is 9.84 Å². The number of anilines is 1. The predicted molar refractivity (Wildman–Crippen MR) is 81.1 cm³/mol. The van der Waals surface area contributed by atoms with Gasteiger partial charge in [0.05, 0.1) is 16.3 Å². The highest BCUT2D eigenvalue weighted by Crippen LogP contribution is 2.17. The third-order valence-electron chi connectivity index (χ3n) is 2.58. The van der Waals surface area contributed by atoms with Gasteiger partial charge >= 0.3 is 0 Å². The highest BCUT2D eigenvalue weighted by Gasteiger charge is 2.16. The molecular weight excluding hydrogens is 318 g/mol. The molecule has 0 spiro atoms. The minimum Gasteiger partial charge on any atom is -0.325 e. The standard InChI is InChI=1S/C13H12ClNO3S2/c14-10-1-3-12(4-2-10)20(17,18)8-6-13(16)15-11-5-7-19-9-11/h1-5,7,9H,6,8H2,(H,15,16). The Morgan fingerprint density at radius 2 is 1.90 bits per heavy atom. The molecule has 4 nitrogen and oxygen atoms in total. The molecule has 2 aromatic rings. The van der Waals surface area contributed by atoms with Crippen molar-refractivity contribution in [1.29, 1.82) is 0 Å². The van der Waals surface area contributed by atoms with Gasteiger partial charge in [-0.2, -0.15) is 11.3 Å². The molecule has 0 aliphatic rings. The molecule has 0 atom stereocenters. The zero-order valence-electron chi connectivity index (χ0n) is 10.4. The highest BCUT2D eigenvalue weighted by atomic mass is 35.5. The summed E-state index contributed by atoms with van der Waals surface area (Å²) in [7, 11) is -3.47. The lowest BCUT2D eigenvalue weighted by atomic mass is 10.4. The summed E-state index contributed by atoms with van der Waals surface area (Å²) < 4.78 is 24.1. The number of thiophene rings is 1. The number of sulfone groups is 1. The lowest BCUT2D eigenvalue weighted by molar-refractivity contribution is -0.115. The molecule has 0 bridgehead atoms. The Balaban J connectivity index is 1.95. The van der Waals surface area contributed by atoms with Gasteiger partial charge in [0, 0.05) is 16.8 Å². The molecule has 20 heavy (non-hydrogen) atoms. The van der Waals surface area contributed by atoms with Gasteiger partial charge in [-0.1, -0.05) is 11.6 Å². The maximum atomic E-state index is 12.0. The van der Waals surface area contributed by atoms with Crippen molar-refractivity contribution in [2.24, 2.45) is 0 Å². The van der Waals surface area contributed by atoms with Crippen LogP contribution in [0.25, 0.3) is 0 Å². The van der Waals surface area contributed by atoms with Gasteiger partial charge in [0.15, 0.2) is 9.84 Å². The third kappa shape index (κ3) is 4.06. The summed E-state index contributed by atoms with van der Waals surface area (Å²) in [5, 5.41) is 6.73. The summed E-state index contributed by atoms with van der Waals surface area (Å²) in [6.45, 7) is 0. The van der Waals surface area contributed by atoms with Crippen LogP contribution in [0.15, 0.2) is 46.0 Å². The van der Waals surface area contributed by atoms with Crippen LogP contribution in [0, 0.1) is 0 Å². The lowest BCUT2D eigenvalue weighted by Gasteiger charge is -2.05. The zero-order chi connectivity index (χ0) is 14.6. The van der Waals surface area contributed by atoms with Crippen LogP contribution in [0.5, 0.6) is 0 Å². The first kappa shape index (κ1) is 15.0. The van der Waals surface area contributed by atoms with Gasteiger partial charge in [-0.15, -0.1) is 0 Å². The molecule has 1 aromatic carbocycles. The number of hydrogen-bond donors (Lipinski definition) is 1. The minimum absolute atomic E-state index is 0.0825. The topological polar surface area (TPSA) is 63.2 Å². The maximum absolute atomic E-state index is 12.0. The molecule has 1 heterocycles. The Morgan fingerprint density at radius 1 is 1.20 bits per heavy atom. The van der Waals surface area contributed by atoms with E-state index >= 15 is 0 Å². The summed E-state index contributed by atoms with van der Waals surface area (Å²) >= 11 is 7.17. The molecule has 0 saturated carbocycles. The summed E-state index contributed by atoms with van der Waals surface area (Å²) in [5.74, 6) is -0.550. The second-order valence-electron chi connectivity index (χ2n) is 4.08. The van der Waals surface area contributed by atoms with E-state index in [1.165, 1.54) is 35.6 Å². The number of amides is 1. The van der Waals surface area contributed by atoms with Crippen molar-refractivity contribution in [3.63, 3.8) is 0 Å². The van der Waals surface area contributed by atoms with Gasteiger partial charge in [0.1, 0.15) is 0 Å². The molecule has 0 radical (unpaired) electrons. The van der Waals surface area contributed by atoms with Crippen LogP contribution >= 0.6 is 22.9 Å². The van der Waals surface area contributed by atoms with E-state index in [1.54, 1.807) is 11.4 Å². The number of carbonyl (C=O) groups excluding carboxylic acids is 1.